The zero-order valence-corrected chi connectivity index (χ0v) is 21.6. The van der Waals surface area contributed by atoms with Gasteiger partial charge in [-0.15, -0.1) is 0 Å². The first kappa shape index (κ1) is 25.9. The van der Waals surface area contributed by atoms with E-state index < -0.39 is 5.60 Å². The molecule has 36 heavy (non-hydrogen) atoms. The van der Waals surface area contributed by atoms with Gasteiger partial charge in [-0.3, -0.25) is 9.78 Å². The van der Waals surface area contributed by atoms with Crippen molar-refractivity contribution in [1.29, 1.82) is 0 Å². The third kappa shape index (κ3) is 6.94. The van der Waals surface area contributed by atoms with Crippen LogP contribution in [0.25, 0.3) is 28.1 Å². The van der Waals surface area contributed by atoms with Crippen LogP contribution in [0.2, 0.25) is 0 Å². The highest BCUT2D eigenvalue weighted by Crippen LogP contribution is 2.45. The van der Waals surface area contributed by atoms with Crippen LogP contribution in [0.1, 0.15) is 76.5 Å². The van der Waals surface area contributed by atoms with Crippen molar-refractivity contribution < 1.29 is 19.4 Å². The number of aliphatic hydroxyl groups is 1. The fraction of sp³-hybridized carbons (Fsp3) is 0.419. The van der Waals surface area contributed by atoms with Crippen molar-refractivity contribution in [2.75, 3.05) is 13.2 Å². The van der Waals surface area contributed by atoms with Crippen LogP contribution in [0.4, 0.5) is 0 Å². The summed E-state index contributed by atoms with van der Waals surface area (Å²) in [5.41, 5.74) is 5.27. The van der Waals surface area contributed by atoms with Crippen LogP contribution >= 0.6 is 0 Å². The molecule has 0 unspecified atom stereocenters. The summed E-state index contributed by atoms with van der Waals surface area (Å²) in [4.78, 5) is 17.1. The normalized spacial score (nSPS) is 13.9. The minimum absolute atomic E-state index is 0.00575. The number of allylic oxidation sites excluding steroid dienone is 1. The quantitative estimate of drug-likeness (QED) is 0.231. The molecule has 1 aliphatic carbocycles. The van der Waals surface area contributed by atoms with Gasteiger partial charge < -0.3 is 14.6 Å². The first-order valence-electron chi connectivity index (χ1n) is 13.0. The van der Waals surface area contributed by atoms with Crippen LogP contribution in [0, 0.1) is 0 Å². The van der Waals surface area contributed by atoms with E-state index in [0.29, 0.717) is 12.3 Å². The Bertz CT molecular complexity index is 1200. The summed E-state index contributed by atoms with van der Waals surface area (Å²) in [6.45, 7) is 5.97. The number of ether oxygens (including phenoxy) is 2. The SMILES string of the molecule is CC(C)(C)OC(=O)CCCC/C=C/c1c(C2CC2)nc2ccccc2c1-c1ccc(OCCO)cc1. The molecule has 1 saturated carbocycles. The van der Waals surface area contributed by atoms with Crippen LogP contribution in [-0.2, 0) is 9.53 Å². The Kier molecular flexibility index (Phi) is 8.42. The number of rotatable bonds is 11. The smallest absolute Gasteiger partial charge is 0.306 e. The number of benzene rings is 2. The van der Waals surface area contributed by atoms with E-state index in [2.05, 4.69) is 42.5 Å². The number of carbonyl (C=O) groups is 1. The number of pyridine rings is 1. The molecule has 0 saturated heterocycles. The monoisotopic (exact) mass is 487 g/mol. The largest absolute Gasteiger partial charge is 0.491 e. The molecule has 5 nitrogen and oxygen atoms in total. The van der Waals surface area contributed by atoms with E-state index >= 15 is 0 Å². The summed E-state index contributed by atoms with van der Waals surface area (Å²) in [5, 5.41) is 10.2. The molecule has 0 aliphatic heterocycles. The molecule has 1 heterocycles. The maximum absolute atomic E-state index is 12.0. The van der Waals surface area contributed by atoms with Gasteiger partial charge in [0, 0.05) is 28.9 Å². The number of aliphatic hydroxyl groups excluding tert-OH is 1. The van der Waals surface area contributed by atoms with Gasteiger partial charge in [0.05, 0.1) is 17.8 Å². The summed E-state index contributed by atoms with van der Waals surface area (Å²) in [6.07, 6.45) is 9.89. The molecule has 1 aliphatic rings. The molecule has 2 aromatic carbocycles. The molecule has 0 spiro atoms. The lowest BCUT2D eigenvalue weighted by Crippen LogP contribution is -2.23. The minimum atomic E-state index is -0.432. The number of esters is 1. The fourth-order valence-electron chi connectivity index (χ4n) is 4.40. The van der Waals surface area contributed by atoms with E-state index in [1.165, 1.54) is 29.7 Å². The number of aromatic nitrogens is 1. The first-order chi connectivity index (χ1) is 17.4. The van der Waals surface area contributed by atoms with E-state index in [-0.39, 0.29) is 19.2 Å². The van der Waals surface area contributed by atoms with Crippen molar-refractivity contribution in [3.8, 4) is 16.9 Å². The van der Waals surface area contributed by atoms with Crippen LogP contribution < -0.4 is 4.74 Å². The molecule has 1 aromatic heterocycles. The molecule has 0 radical (unpaired) electrons. The van der Waals surface area contributed by atoms with E-state index in [1.807, 2.05) is 39.0 Å². The summed E-state index contributed by atoms with van der Waals surface area (Å²) in [6, 6.07) is 16.4. The highest BCUT2D eigenvalue weighted by Gasteiger charge is 2.29. The van der Waals surface area contributed by atoms with Gasteiger partial charge in [-0.25, -0.2) is 0 Å². The van der Waals surface area contributed by atoms with Crippen LogP contribution in [0.15, 0.2) is 54.6 Å². The van der Waals surface area contributed by atoms with Gasteiger partial charge in [-0.2, -0.15) is 0 Å². The third-order valence-electron chi connectivity index (χ3n) is 6.13. The Morgan fingerprint density at radius 1 is 1.08 bits per heavy atom. The fourth-order valence-corrected chi connectivity index (χ4v) is 4.40. The molecule has 0 amide bonds. The molecule has 5 heteroatoms. The number of hydrogen-bond donors (Lipinski definition) is 1. The van der Waals surface area contributed by atoms with Crippen molar-refractivity contribution in [3.63, 3.8) is 0 Å². The Hall–Kier alpha value is -3.18. The van der Waals surface area contributed by atoms with Crippen molar-refractivity contribution >= 4 is 22.9 Å². The Morgan fingerprint density at radius 3 is 2.53 bits per heavy atom. The second kappa shape index (κ2) is 11.7. The molecule has 1 N–H and O–H groups in total. The maximum Gasteiger partial charge on any atom is 0.306 e. The number of unbranched alkanes of at least 4 members (excludes halogenated alkanes) is 2. The number of carbonyl (C=O) groups excluding carboxylic acids is 1. The number of fused-ring (bicyclic) bond motifs is 1. The topological polar surface area (TPSA) is 68.7 Å². The van der Waals surface area contributed by atoms with E-state index in [0.717, 1.165) is 41.5 Å². The second-order valence-electron chi connectivity index (χ2n) is 10.4. The lowest BCUT2D eigenvalue weighted by Gasteiger charge is -2.19. The minimum Gasteiger partial charge on any atom is -0.491 e. The molecular formula is C31H37NO4. The van der Waals surface area contributed by atoms with Gasteiger partial charge in [0.15, 0.2) is 0 Å². The third-order valence-corrected chi connectivity index (χ3v) is 6.13. The van der Waals surface area contributed by atoms with Crippen LogP contribution in [-0.4, -0.2) is 34.9 Å². The Labute approximate surface area is 214 Å². The van der Waals surface area contributed by atoms with Gasteiger partial charge in [-0.05, 0) is 76.6 Å². The van der Waals surface area contributed by atoms with Crippen molar-refractivity contribution in [2.24, 2.45) is 0 Å². The van der Waals surface area contributed by atoms with Crippen molar-refractivity contribution in [3.05, 3.63) is 65.9 Å². The summed E-state index contributed by atoms with van der Waals surface area (Å²) < 4.78 is 11.0. The zero-order chi connectivity index (χ0) is 25.5. The molecule has 4 rings (SSSR count). The number of para-hydroxylation sites is 1. The van der Waals surface area contributed by atoms with Gasteiger partial charge in [-0.1, -0.05) is 42.5 Å². The van der Waals surface area contributed by atoms with E-state index in [1.54, 1.807) is 0 Å². The standard InChI is InChI=1S/C31H37NO4/c1-31(2,3)36-28(34)13-7-5-4-6-11-26-29(22-16-18-24(19-17-22)35-21-20-33)25-10-8-9-12-27(25)32-30(26)23-14-15-23/h6,8-12,16-19,23,33H,4-5,7,13-15,20-21H2,1-3H3/b11-6+. The highest BCUT2D eigenvalue weighted by molar-refractivity contribution is 5.99. The summed E-state index contributed by atoms with van der Waals surface area (Å²) in [7, 11) is 0. The number of nitrogens with zero attached hydrogens (tertiary/aromatic N) is 1. The predicted molar refractivity (Wildman–Crippen MR) is 145 cm³/mol. The molecular weight excluding hydrogens is 450 g/mol. The summed E-state index contributed by atoms with van der Waals surface area (Å²) in [5.74, 6) is 1.12. The number of hydrogen-bond acceptors (Lipinski definition) is 5. The van der Waals surface area contributed by atoms with Gasteiger partial charge in [0.25, 0.3) is 0 Å². The zero-order valence-electron chi connectivity index (χ0n) is 21.6. The van der Waals surface area contributed by atoms with Crippen LogP contribution in [0.3, 0.4) is 0 Å². The van der Waals surface area contributed by atoms with Gasteiger partial charge in [0.2, 0.25) is 0 Å². The summed E-state index contributed by atoms with van der Waals surface area (Å²) >= 11 is 0. The van der Waals surface area contributed by atoms with Gasteiger partial charge in [0.1, 0.15) is 18.0 Å². The highest BCUT2D eigenvalue weighted by atomic mass is 16.6. The molecule has 190 valence electrons. The van der Waals surface area contributed by atoms with Crippen molar-refractivity contribution in [2.45, 2.75) is 70.8 Å². The Morgan fingerprint density at radius 2 is 1.83 bits per heavy atom. The van der Waals surface area contributed by atoms with E-state index in [9.17, 15) is 4.79 Å². The molecule has 0 atom stereocenters. The molecule has 3 aromatic rings. The van der Waals surface area contributed by atoms with Gasteiger partial charge >= 0.3 is 5.97 Å². The lowest BCUT2D eigenvalue weighted by atomic mass is 9.92. The molecule has 0 bridgehead atoms. The average molecular weight is 488 g/mol. The lowest BCUT2D eigenvalue weighted by molar-refractivity contribution is -0.154. The average Bonchev–Trinajstić information content (AvgIpc) is 3.69. The molecule has 1 fully saturated rings. The van der Waals surface area contributed by atoms with E-state index in [4.69, 9.17) is 19.6 Å². The predicted octanol–water partition coefficient (Wildman–Crippen LogP) is 7.07. The van der Waals surface area contributed by atoms with Crippen LogP contribution in [0.5, 0.6) is 5.75 Å². The first-order valence-corrected chi connectivity index (χ1v) is 13.0. The van der Waals surface area contributed by atoms with Crippen molar-refractivity contribution in [1.82, 2.24) is 4.98 Å². The maximum atomic E-state index is 12.0. The Balaban J connectivity index is 1.57. The second-order valence-corrected chi connectivity index (χ2v) is 10.4.